The summed E-state index contributed by atoms with van der Waals surface area (Å²) in [6.45, 7) is 5.09. The Kier molecular flexibility index (Phi) is 10.2. The van der Waals surface area contributed by atoms with Crippen LogP contribution in [0, 0.1) is 11.7 Å². The average Bonchev–Trinajstić information content (AvgIpc) is 2.49. The van der Waals surface area contributed by atoms with Crippen LogP contribution in [0.3, 0.4) is 0 Å². The van der Waals surface area contributed by atoms with Crippen LogP contribution in [0.4, 0.5) is 4.39 Å². The van der Waals surface area contributed by atoms with Crippen LogP contribution in [0.2, 0.25) is 0 Å². The molecule has 1 unspecified atom stereocenters. The first-order valence-corrected chi connectivity index (χ1v) is 7.44. The van der Waals surface area contributed by atoms with Crippen molar-refractivity contribution in [1.82, 2.24) is 16.0 Å². The van der Waals surface area contributed by atoms with Gasteiger partial charge in [0.15, 0.2) is 0 Å². The molecule has 23 heavy (non-hydrogen) atoms. The molecule has 1 aromatic carbocycles. The largest absolute Gasteiger partial charge is 0.354 e. The number of rotatable bonds is 8. The fourth-order valence-corrected chi connectivity index (χ4v) is 1.95. The fourth-order valence-electron chi connectivity index (χ4n) is 1.95. The molecule has 0 heterocycles. The van der Waals surface area contributed by atoms with Crippen LogP contribution in [-0.4, -0.2) is 38.0 Å². The lowest BCUT2D eigenvalue weighted by molar-refractivity contribution is -0.123. The molecule has 0 spiro atoms. The Hall–Kier alpha value is -1.66. The molecule has 7 heteroatoms. The molecule has 3 N–H and O–H groups in total. The average molecular weight is 346 g/mol. The Morgan fingerprint density at radius 1 is 1.13 bits per heavy atom. The highest BCUT2D eigenvalue weighted by Gasteiger charge is 2.24. The topological polar surface area (TPSA) is 70.2 Å². The van der Waals surface area contributed by atoms with E-state index in [2.05, 4.69) is 16.0 Å². The number of amides is 2. The molecule has 0 saturated heterocycles. The smallest absolute Gasteiger partial charge is 0.251 e. The summed E-state index contributed by atoms with van der Waals surface area (Å²) in [6, 6.07) is 4.61. The molecule has 0 aliphatic carbocycles. The molecule has 1 aromatic rings. The van der Waals surface area contributed by atoms with E-state index in [1.165, 1.54) is 24.3 Å². The molecule has 130 valence electrons. The molecule has 5 nitrogen and oxygen atoms in total. The maximum Gasteiger partial charge on any atom is 0.251 e. The molecule has 0 radical (unpaired) electrons. The van der Waals surface area contributed by atoms with E-state index in [0.29, 0.717) is 12.1 Å². The van der Waals surface area contributed by atoms with Gasteiger partial charge in [0.05, 0.1) is 0 Å². The number of hydrogen-bond acceptors (Lipinski definition) is 3. The SMILES string of the molecule is CNCCCNC(=O)C(NC(=O)c1ccc(F)cc1)C(C)C.Cl. The standard InChI is InChI=1S/C16H24FN3O2.ClH/c1-11(2)14(16(22)19-10-4-9-18-3)20-15(21)12-5-7-13(17)8-6-12;/h5-8,11,14,18H,4,9-10H2,1-3H3,(H,19,22)(H,20,21);1H. The Labute approximate surface area is 142 Å². The monoisotopic (exact) mass is 345 g/mol. The lowest BCUT2D eigenvalue weighted by atomic mass is 10.0. The summed E-state index contributed by atoms with van der Waals surface area (Å²) in [7, 11) is 1.85. The molecule has 1 rings (SSSR count). The van der Waals surface area contributed by atoms with Gasteiger partial charge in [-0.25, -0.2) is 4.39 Å². The van der Waals surface area contributed by atoms with Crippen LogP contribution in [-0.2, 0) is 4.79 Å². The maximum atomic E-state index is 12.9. The minimum Gasteiger partial charge on any atom is -0.354 e. The predicted molar refractivity (Wildman–Crippen MR) is 91.3 cm³/mol. The summed E-state index contributed by atoms with van der Waals surface area (Å²) in [5.74, 6) is -1.04. The first-order valence-electron chi connectivity index (χ1n) is 7.44. The molecule has 0 aliphatic rings. The highest BCUT2D eigenvalue weighted by molar-refractivity contribution is 5.97. The van der Waals surface area contributed by atoms with Gasteiger partial charge in [-0.15, -0.1) is 12.4 Å². The van der Waals surface area contributed by atoms with E-state index in [9.17, 15) is 14.0 Å². The van der Waals surface area contributed by atoms with Crippen molar-refractivity contribution in [3.63, 3.8) is 0 Å². The second-order valence-corrected chi connectivity index (χ2v) is 5.45. The Morgan fingerprint density at radius 3 is 2.26 bits per heavy atom. The van der Waals surface area contributed by atoms with Crippen molar-refractivity contribution in [3.8, 4) is 0 Å². The van der Waals surface area contributed by atoms with Crippen molar-refractivity contribution in [2.45, 2.75) is 26.3 Å². The van der Waals surface area contributed by atoms with Crippen LogP contribution in [0.5, 0.6) is 0 Å². The summed E-state index contributed by atoms with van der Waals surface area (Å²) >= 11 is 0. The summed E-state index contributed by atoms with van der Waals surface area (Å²) in [6.07, 6.45) is 0.818. The number of carbonyl (C=O) groups excluding carboxylic acids is 2. The lowest BCUT2D eigenvalue weighted by Crippen LogP contribution is -2.50. The Balaban J connectivity index is 0.00000484. The van der Waals surface area contributed by atoms with Gasteiger partial charge < -0.3 is 16.0 Å². The number of benzene rings is 1. The van der Waals surface area contributed by atoms with Gasteiger partial charge in [-0.3, -0.25) is 9.59 Å². The van der Waals surface area contributed by atoms with E-state index in [-0.39, 0.29) is 30.1 Å². The highest BCUT2D eigenvalue weighted by Crippen LogP contribution is 2.06. The van der Waals surface area contributed by atoms with Crippen LogP contribution in [0.15, 0.2) is 24.3 Å². The van der Waals surface area contributed by atoms with E-state index >= 15 is 0 Å². The van der Waals surface area contributed by atoms with Gasteiger partial charge in [0, 0.05) is 12.1 Å². The second kappa shape index (κ2) is 11.0. The summed E-state index contributed by atoms with van der Waals surface area (Å²) in [4.78, 5) is 24.3. The van der Waals surface area contributed by atoms with Crippen LogP contribution < -0.4 is 16.0 Å². The van der Waals surface area contributed by atoms with Crippen molar-refractivity contribution in [3.05, 3.63) is 35.6 Å². The van der Waals surface area contributed by atoms with Crippen molar-refractivity contribution < 1.29 is 14.0 Å². The number of halogens is 2. The maximum absolute atomic E-state index is 12.9. The van der Waals surface area contributed by atoms with E-state index < -0.39 is 11.9 Å². The zero-order chi connectivity index (χ0) is 16.5. The summed E-state index contributed by atoms with van der Waals surface area (Å²) in [5.41, 5.74) is 0.329. The van der Waals surface area contributed by atoms with Gasteiger partial charge in [0.25, 0.3) is 5.91 Å². The summed E-state index contributed by atoms with van der Waals surface area (Å²) in [5, 5.41) is 8.52. The molecule has 1 atom stereocenters. The Bertz CT molecular complexity index is 495. The number of carbonyl (C=O) groups is 2. The minimum atomic E-state index is -0.618. The number of hydrogen-bond donors (Lipinski definition) is 3. The minimum absolute atomic E-state index is 0. The molecule has 2 amide bonds. The van der Waals surface area contributed by atoms with E-state index in [4.69, 9.17) is 0 Å². The molecule has 0 aromatic heterocycles. The van der Waals surface area contributed by atoms with Gasteiger partial charge in [0.2, 0.25) is 5.91 Å². The van der Waals surface area contributed by atoms with Crippen molar-refractivity contribution in [2.75, 3.05) is 20.1 Å². The third-order valence-electron chi connectivity index (χ3n) is 3.24. The van der Waals surface area contributed by atoms with Crippen LogP contribution in [0.25, 0.3) is 0 Å². The first-order chi connectivity index (χ1) is 10.5. The van der Waals surface area contributed by atoms with Crippen molar-refractivity contribution in [2.24, 2.45) is 5.92 Å². The lowest BCUT2D eigenvalue weighted by Gasteiger charge is -2.21. The van der Waals surface area contributed by atoms with Crippen LogP contribution >= 0.6 is 12.4 Å². The quantitative estimate of drug-likeness (QED) is 0.628. The first kappa shape index (κ1) is 21.3. The fraction of sp³-hybridized carbons (Fsp3) is 0.500. The normalized spacial score (nSPS) is 11.5. The predicted octanol–water partition coefficient (Wildman–Crippen LogP) is 1.73. The molecule has 0 bridgehead atoms. The van der Waals surface area contributed by atoms with Crippen molar-refractivity contribution >= 4 is 24.2 Å². The van der Waals surface area contributed by atoms with E-state index in [1.807, 2.05) is 20.9 Å². The van der Waals surface area contributed by atoms with Gasteiger partial charge in [0.1, 0.15) is 11.9 Å². The summed E-state index contributed by atoms with van der Waals surface area (Å²) < 4.78 is 12.9. The second-order valence-electron chi connectivity index (χ2n) is 5.45. The van der Waals surface area contributed by atoms with Gasteiger partial charge in [-0.05, 0) is 50.2 Å². The van der Waals surface area contributed by atoms with Gasteiger partial charge in [-0.2, -0.15) is 0 Å². The number of nitrogens with one attached hydrogen (secondary N) is 3. The van der Waals surface area contributed by atoms with Crippen molar-refractivity contribution in [1.29, 1.82) is 0 Å². The highest BCUT2D eigenvalue weighted by atomic mass is 35.5. The molecule has 0 saturated carbocycles. The third-order valence-corrected chi connectivity index (χ3v) is 3.24. The third kappa shape index (κ3) is 7.43. The van der Waals surface area contributed by atoms with Crippen LogP contribution in [0.1, 0.15) is 30.6 Å². The zero-order valence-corrected chi connectivity index (χ0v) is 14.5. The van der Waals surface area contributed by atoms with E-state index in [1.54, 1.807) is 0 Å². The molecular weight excluding hydrogens is 321 g/mol. The molecule has 0 fully saturated rings. The van der Waals surface area contributed by atoms with Gasteiger partial charge in [-0.1, -0.05) is 13.8 Å². The van der Waals surface area contributed by atoms with Gasteiger partial charge >= 0.3 is 0 Å². The Morgan fingerprint density at radius 2 is 1.74 bits per heavy atom. The zero-order valence-electron chi connectivity index (χ0n) is 13.7. The molecular formula is C16H25ClFN3O2. The molecule has 0 aliphatic heterocycles. The van der Waals surface area contributed by atoms with E-state index in [0.717, 1.165) is 13.0 Å².